The average Bonchev–Trinajstić information content (AvgIpc) is 3.02. The Kier molecular flexibility index (Phi) is 5.65. The van der Waals surface area contributed by atoms with Crippen LogP contribution in [-0.4, -0.2) is 79.0 Å². The number of nitrogens with zero attached hydrogens (tertiary/aromatic N) is 4. The molecule has 8 heteroatoms. The summed E-state index contributed by atoms with van der Waals surface area (Å²) in [5, 5.41) is 11.2. The lowest BCUT2D eigenvalue weighted by Crippen LogP contribution is -2.35. The number of aliphatic hydroxyl groups excluding tert-OH is 1. The number of pyridine rings is 1. The summed E-state index contributed by atoms with van der Waals surface area (Å²) in [6.07, 6.45) is 3.26. The molecule has 1 aromatic heterocycles. The highest BCUT2D eigenvalue weighted by atomic mass is 16.5. The first-order valence-electron chi connectivity index (χ1n) is 10.2. The van der Waals surface area contributed by atoms with Crippen LogP contribution in [0.3, 0.4) is 0 Å². The first-order chi connectivity index (χ1) is 14.9. The van der Waals surface area contributed by atoms with Crippen LogP contribution in [0.4, 0.5) is 5.69 Å². The van der Waals surface area contributed by atoms with Gasteiger partial charge in [0.15, 0.2) is 0 Å². The molecule has 0 saturated carbocycles. The number of carbonyl (C=O) groups is 2. The van der Waals surface area contributed by atoms with Crippen LogP contribution in [-0.2, 0) is 9.59 Å². The van der Waals surface area contributed by atoms with E-state index in [0.717, 1.165) is 18.0 Å². The SMILES string of the molecule is CN(C)CCN1C(=O)C(=O)/C(=C(\O)c2ccc3c(c2)N(C)CCO3)C1c1cccnc1. The third-order valence-corrected chi connectivity index (χ3v) is 5.66. The normalized spacial score (nSPS) is 20.2. The fourth-order valence-electron chi connectivity index (χ4n) is 3.96. The Bertz CT molecular complexity index is 1040. The van der Waals surface area contributed by atoms with E-state index in [-0.39, 0.29) is 11.3 Å². The molecule has 1 unspecified atom stereocenters. The van der Waals surface area contributed by atoms with Crippen molar-refractivity contribution in [2.75, 3.05) is 52.3 Å². The van der Waals surface area contributed by atoms with E-state index in [1.54, 1.807) is 36.7 Å². The van der Waals surface area contributed by atoms with Gasteiger partial charge in [0, 0.05) is 38.1 Å². The van der Waals surface area contributed by atoms with Crippen molar-refractivity contribution < 1.29 is 19.4 Å². The van der Waals surface area contributed by atoms with Crippen molar-refractivity contribution >= 4 is 23.1 Å². The molecule has 1 fully saturated rings. The number of Topliss-reactive ketones (excluding diaryl/α,β-unsaturated/α-hetero) is 1. The van der Waals surface area contributed by atoms with Gasteiger partial charge in [-0.25, -0.2) is 0 Å². The van der Waals surface area contributed by atoms with Crippen molar-refractivity contribution in [3.8, 4) is 5.75 Å². The van der Waals surface area contributed by atoms with Gasteiger partial charge in [0.25, 0.3) is 11.7 Å². The highest BCUT2D eigenvalue weighted by Crippen LogP contribution is 2.40. The summed E-state index contributed by atoms with van der Waals surface area (Å²) in [7, 11) is 5.75. The second-order valence-electron chi connectivity index (χ2n) is 8.03. The monoisotopic (exact) mass is 422 g/mol. The molecule has 2 aromatic rings. The molecule has 162 valence electrons. The van der Waals surface area contributed by atoms with Crippen LogP contribution < -0.4 is 9.64 Å². The molecule has 0 bridgehead atoms. The molecule has 0 spiro atoms. The Labute approximate surface area is 181 Å². The Balaban J connectivity index is 1.82. The fraction of sp³-hybridized carbons (Fsp3) is 0.348. The molecule has 1 saturated heterocycles. The van der Waals surface area contributed by atoms with Gasteiger partial charge >= 0.3 is 0 Å². The number of benzene rings is 1. The quantitative estimate of drug-likeness (QED) is 0.447. The number of fused-ring (bicyclic) bond motifs is 1. The van der Waals surface area contributed by atoms with E-state index >= 15 is 0 Å². The number of anilines is 1. The van der Waals surface area contributed by atoms with E-state index < -0.39 is 17.7 Å². The van der Waals surface area contributed by atoms with Crippen LogP contribution in [0.5, 0.6) is 5.75 Å². The Morgan fingerprint density at radius 3 is 2.81 bits per heavy atom. The van der Waals surface area contributed by atoms with Crippen LogP contribution in [0, 0.1) is 0 Å². The predicted octanol–water partition coefficient (Wildman–Crippen LogP) is 1.89. The Hall–Kier alpha value is -3.39. The lowest BCUT2D eigenvalue weighted by molar-refractivity contribution is -0.140. The van der Waals surface area contributed by atoms with Gasteiger partial charge in [-0.1, -0.05) is 6.07 Å². The number of aromatic nitrogens is 1. The van der Waals surface area contributed by atoms with Gasteiger partial charge in [-0.15, -0.1) is 0 Å². The van der Waals surface area contributed by atoms with E-state index in [2.05, 4.69) is 4.98 Å². The molecular weight excluding hydrogens is 396 g/mol. The highest BCUT2D eigenvalue weighted by Gasteiger charge is 2.46. The largest absolute Gasteiger partial charge is 0.507 e. The van der Waals surface area contributed by atoms with Crippen LogP contribution in [0.1, 0.15) is 17.2 Å². The van der Waals surface area contributed by atoms with Gasteiger partial charge in [0.2, 0.25) is 0 Å². The number of likely N-dealkylation sites (tertiary alicyclic amines) is 1. The van der Waals surface area contributed by atoms with Crippen LogP contribution in [0.25, 0.3) is 5.76 Å². The number of carbonyl (C=O) groups excluding carboxylic acids is 2. The first kappa shape index (κ1) is 20.9. The Morgan fingerprint density at radius 1 is 1.29 bits per heavy atom. The minimum Gasteiger partial charge on any atom is -0.507 e. The number of rotatable bonds is 5. The molecule has 2 aliphatic rings. The molecular formula is C23H26N4O4. The number of amides is 1. The van der Waals surface area contributed by atoms with Crippen LogP contribution in [0.15, 0.2) is 48.3 Å². The van der Waals surface area contributed by atoms with Crippen molar-refractivity contribution in [3.63, 3.8) is 0 Å². The van der Waals surface area contributed by atoms with Crippen molar-refractivity contribution in [2.24, 2.45) is 0 Å². The molecule has 4 rings (SSSR count). The van der Waals surface area contributed by atoms with E-state index in [9.17, 15) is 14.7 Å². The second-order valence-corrected chi connectivity index (χ2v) is 8.03. The average molecular weight is 422 g/mol. The molecule has 1 N–H and O–H groups in total. The van der Waals surface area contributed by atoms with Gasteiger partial charge < -0.3 is 24.5 Å². The fourth-order valence-corrected chi connectivity index (χ4v) is 3.96. The molecule has 1 amide bonds. The number of likely N-dealkylation sites (N-methyl/N-ethyl adjacent to an activating group) is 2. The van der Waals surface area contributed by atoms with E-state index in [0.29, 0.717) is 30.8 Å². The van der Waals surface area contributed by atoms with Gasteiger partial charge in [0.1, 0.15) is 18.1 Å². The molecule has 8 nitrogen and oxygen atoms in total. The van der Waals surface area contributed by atoms with Crippen LogP contribution >= 0.6 is 0 Å². The van der Waals surface area contributed by atoms with Crippen molar-refractivity contribution in [2.45, 2.75) is 6.04 Å². The molecule has 2 aliphatic heterocycles. The van der Waals surface area contributed by atoms with E-state index in [4.69, 9.17) is 4.74 Å². The zero-order chi connectivity index (χ0) is 22.1. The van der Waals surface area contributed by atoms with Gasteiger partial charge in [-0.3, -0.25) is 14.6 Å². The minimum atomic E-state index is -0.696. The van der Waals surface area contributed by atoms with E-state index in [1.165, 1.54) is 4.90 Å². The molecule has 0 radical (unpaired) electrons. The molecule has 3 heterocycles. The summed E-state index contributed by atoms with van der Waals surface area (Å²) in [5.41, 5.74) is 2.06. The third kappa shape index (κ3) is 3.86. The zero-order valence-electron chi connectivity index (χ0n) is 17.9. The zero-order valence-corrected chi connectivity index (χ0v) is 17.9. The van der Waals surface area contributed by atoms with Gasteiger partial charge in [-0.2, -0.15) is 0 Å². The van der Waals surface area contributed by atoms with Crippen molar-refractivity contribution in [3.05, 3.63) is 59.4 Å². The van der Waals surface area contributed by atoms with Gasteiger partial charge in [-0.05, 0) is 43.9 Å². The topological polar surface area (TPSA) is 86.2 Å². The summed E-state index contributed by atoms with van der Waals surface area (Å²) in [4.78, 5) is 35.6. The molecule has 1 atom stereocenters. The number of hydrogen-bond acceptors (Lipinski definition) is 7. The summed E-state index contributed by atoms with van der Waals surface area (Å²) in [6, 6.07) is 8.15. The summed E-state index contributed by atoms with van der Waals surface area (Å²) >= 11 is 0. The maximum Gasteiger partial charge on any atom is 0.295 e. The molecule has 31 heavy (non-hydrogen) atoms. The first-order valence-corrected chi connectivity index (χ1v) is 10.2. The standard InChI is InChI=1S/C23H26N4O4/c1-25(2)9-10-27-20(16-5-4-8-24-14-16)19(22(29)23(27)30)21(28)15-6-7-18-17(13-15)26(3)11-12-31-18/h4-8,13-14,20,28H,9-12H2,1-3H3/b21-19-. The third-order valence-electron chi connectivity index (χ3n) is 5.66. The number of ketones is 1. The summed E-state index contributed by atoms with van der Waals surface area (Å²) < 4.78 is 5.67. The van der Waals surface area contributed by atoms with Crippen molar-refractivity contribution in [1.29, 1.82) is 0 Å². The van der Waals surface area contributed by atoms with Gasteiger partial charge in [0.05, 0.1) is 23.8 Å². The highest BCUT2D eigenvalue weighted by molar-refractivity contribution is 6.46. The smallest absolute Gasteiger partial charge is 0.295 e. The van der Waals surface area contributed by atoms with Crippen molar-refractivity contribution in [1.82, 2.24) is 14.8 Å². The summed E-state index contributed by atoms with van der Waals surface area (Å²) in [5.74, 6) is -0.773. The van der Waals surface area contributed by atoms with Crippen LogP contribution in [0.2, 0.25) is 0 Å². The maximum absolute atomic E-state index is 13.0. The number of ether oxygens (including phenoxy) is 1. The minimum absolute atomic E-state index is 0.0797. The predicted molar refractivity (Wildman–Crippen MR) is 117 cm³/mol. The van der Waals surface area contributed by atoms with E-state index in [1.807, 2.05) is 37.0 Å². The molecule has 1 aromatic carbocycles. The number of hydrogen-bond donors (Lipinski definition) is 1. The molecule has 0 aliphatic carbocycles. The summed E-state index contributed by atoms with van der Waals surface area (Å²) in [6.45, 7) is 2.26. The second kappa shape index (κ2) is 8.39. The number of aliphatic hydroxyl groups is 1. The maximum atomic E-state index is 13.0. The lowest BCUT2D eigenvalue weighted by Gasteiger charge is -2.28. The Morgan fingerprint density at radius 2 is 2.10 bits per heavy atom. The lowest BCUT2D eigenvalue weighted by atomic mass is 9.96.